The maximum absolute atomic E-state index is 5.73. The molecule has 0 saturated carbocycles. The molecule has 3 N–H and O–H groups in total. The van der Waals surface area contributed by atoms with Gasteiger partial charge >= 0.3 is 0 Å². The van der Waals surface area contributed by atoms with Gasteiger partial charge in [-0.3, -0.25) is 0 Å². The zero-order chi connectivity index (χ0) is 12.8. The van der Waals surface area contributed by atoms with Gasteiger partial charge in [-0.05, 0) is 30.7 Å². The molecule has 0 spiro atoms. The second-order valence-corrected chi connectivity index (χ2v) is 5.52. The zero-order valence-electron chi connectivity index (χ0n) is 9.63. The highest BCUT2D eigenvalue weighted by Gasteiger charge is 2.00. The maximum atomic E-state index is 5.73. The van der Waals surface area contributed by atoms with Gasteiger partial charge in [0.1, 0.15) is 0 Å². The fourth-order valence-electron chi connectivity index (χ4n) is 1.13. The van der Waals surface area contributed by atoms with Crippen molar-refractivity contribution in [3.05, 3.63) is 44.9 Å². The molecule has 0 aliphatic carbocycles. The van der Waals surface area contributed by atoms with Crippen LogP contribution < -0.4 is 11.1 Å². The van der Waals surface area contributed by atoms with Crippen molar-refractivity contribution in [2.45, 2.75) is 13.5 Å². The van der Waals surface area contributed by atoms with Gasteiger partial charge < -0.3 is 11.1 Å². The lowest BCUT2D eigenvalue weighted by Gasteiger charge is -2.06. The van der Waals surface area contributed by atoms with Crippen LogP contribution in [0.4, 0.5) is 0 Å². The fourth-order valence-corrected chi connectivity index (χ4v) is 1.91. The Labute approximate surface area is 118 Å². The predicted molar refractivity (Wildman–Crippen MR) is 80.0 cm³/mol. The minimum Gasteiger partial charge on any atom is -0.370 e. The lowest BCUT2D eigenvalue weighted by atomic mass is 10.2. The molecular weight excluding hydrogens is 346 g/mol. The highest BCUT2D eigenvalue weighted by Crippen LogP contribution is 2.22. The molecule has 0 aromatic heterocycles. The number of nitrogens with two attached hydrogens (primary N) is 1. The molecule has 0 bridgehead atoms. The van der Waals surface area contributed by atoms with E-state index in [2.05, 4.69) is 48.7 Å². The third-order valence-corrected chi connectivity index (χ3v) is 3.27. The first-order valence-corrected chi connectivity index (χ1v) is 6.69. The van der Waals surface area contributed by atoms with Crippen molar-refractivity contribution in [3.63, 3.8) is 0 Å². The Kier molecular flexibility index (Phi) is 5.71. The number of benzene rings is 1. The van der Waals surface area contributed by atoms with Crippen LogP contribution in [0, 0.1) is 0 Å². The van der Waals surface area contributed by atoms with Gasteiger partial charge in [0.2, 0.25) is 0 Å². The molecule has 0 fully saturated rings. The van der Waals surface area contributed by atoms with Crippen LogP contribution in [0.3, 0.4) is 0 Å². The highest BCUT2D eigenvalue weighted by molar-refractivity contribution is 9.11. The number of nitrogens with zero attached hydrogens (tertiary/aromatic N) is 1. The number of aliphatic imine (C=N–C) groups is 1. The summed E-state index contributed by atoms with van der Waals surface area (Å²) < 4.78 is 2.05. The van der Waals surface area contributed by atoms with Crippen molar-refractivity contribution >= 4 is 37.8 Å². The number of guanidine groups is 1. The third kappa shape index (κ3) is 5.37. The quantitative estimate of drug-likeness (QED) is 0.492. The monoisotopic (exact) mass is 359 g/mol. The average molecular weight is 361 g/mol. The second kappa shape index (κ2) is 6.81. The van der Waals surface area contributed by atoms with E-state index in [1.807, 2.05) is 25.1 Å². The Morgan fingerprint density at radius 3 is 2.82 bits per heavy atom. The number of rotatable bonds is 4. The summed E-state index contributed by atoms with van der Waals surface area (Å²) in [6, 6.07) is 5.96. The van der Waals surface area contributed by atoms with E-state index in [0.29, 0.717) is 19.0 Å². The molecule has 0 radical (unpaired) electrons. The van der Waals surface area contributed by atoms with Crippen LogP contribution in [0.1, 0.15) is 12.5 Å². The van der Waals surface area contributed by atoms with Crippen LogP contribution in [0.25, 0.3) is 0 Å². The molecule has 5 heteroatoms. The summed E-state index contributed by atoms with van der Waals surface area (Å²) in [5, 5.41) is 2.99. The third-order valence-electron chi connectivity index (χ3n) is 2.00. The van der Waals surface area contributed by atoms with Gasteiger partial charge in [-0.1, -0.05) is 44.0 Å². The van der Waals surface area contributed by atoms with Crippen LogP contribution >= 0.6 is 31.9 Å². The summed E-state index contributed by atoms with van der Waals surface area (Å²) in [5.74, 6) is 0.430. The summed E-state index contributed by atoms with van der Waals surface area (Å²) >= 11 is 6.90. The number of hydrogen-bond donors (Lipinski definition) is 2. The first-order chi connectivity index (χ1) is 7.99. The first-order valence-electron chi connectivity index (χ1n) is 5.11. The predicted octanol–water partition coefficient (Wildman–Crippen LogP) is 3.19. The van der Waals surface area contributed by atoms with Crippen molar-refractivity contribution in [2.24, 2.45) is 10.7 Å². The van der Waals surface area contributed by atoms with Crippen LogP contribution in [-0.2, 0) is 6.54 Å². The van der Waals surface area contributed by atoms with Crippen molar-refractivity contribution < 1.29 is 0 Å². The van der Waals surface area contributed by atoms with E-state index in [0.717, 1.165) is 20.1 Å². The zero-order valence-corrected chi connectivity index (χ0v) is 12.8. The van der Waals surface area contributed by atoms with Crippen LogP contribution in [0.15, 0.2) is 44.3 Å². The highest BCUT2D eigenvalue weighted by atomic mass is 79.9. The molecule has 1 aromatic rings. The fraction of sp³-hybridized carbons (Fsp3) is 0.250. The smallest absolute Gasteiger partial charge is 0.189 e. The second-order valence-electron chi connectivity index (χ2n) is 3.75. The van der Waals surface area contributed by atoms with Gasteiger partial charge in [-0.25, -0.2) is 4.99 Å². The Morgan fingerprint density at radius 2 is 2.18 bits per heavy atom. The molecule has 0 amide bonds. The van der Waals surface area contributed by atoms with Gasteiger partial charge in [0.25, 0.3) is 0 Å². The van der Waals surface area contributed by atoms with E-state index in [-0.39, 0.29) is 0 Å². The van der Waals surface area contributed by atoms with Gasteiger partial charge in [0, 0.05) is 15.5 Å². The van der Waals surface area contributed by atoms with Crippen molar-refractivity contribution in [1.29, 1.82) is 0 Å². The SMILES string of the molecule is C=C(C)CNC(N)=NCc1cc(Br)ccc1Br. The van der Waals surface area contributed by atoms with Crippen LogP contribution in [0.2, 0.25) is 0 Å². The van der Waals surface area contributed by atoms with Crippen LogP contribution in [0.5, 0.6) is 0 Å². The van der Waals surface area contributed by atoms with Crippen molar-refractivity contribution in [3.8, 4) is 0 Å². The lowest BCUT2D eigenvalue weighted by molar-refractivity contribution is 0.938. The van der Waals surface area contributed by atoms with Gasteiger partial charge in [-0.2, -0.15) is 0 Å². The maximum Gasteiger partial charge on any atom is 0.189 e. The summed E-state index contributed by atoms with van der Waals surface area (Å²) in [6.45, 7) is 6.90. The van der Waals surface area contributed by atoms with E-state index in [1.54, 1.807) is 0 Å². The van der Waals surface area contributed by atoms with E-state index in [9.17, 15) is 0 Å². The largest absolute Gasteiger partial charge is 0.370 e. The summed E-state index contributed by atoms with van der Waals surface area (Å²) in [4.78, 5) is 4.26. The number of nitrogens with one attached hydrogen (secondary N) is 1. The first kappa shape index (κ1) is 14.3. The Hall–Kier alpha value is -0.810. The topological polar surface area (TPSA) is 50.4 Å². The van der Waals surface area contributed by atoms with Gasteiger partial charge in [0.15, 0.2) is 5.96 Å². The molecule has 17 heavy (non-hydrogen) atoms. The Bertz CT molecular complexity index is 441. The van der Waals surface area contributed by atoms with Gasteiger partial charge in [-0.15, -0.1) is 0 Å². The summed E-state index contributed by atoms with van der Waals surface area (Å²) in [7, 11) is 0. The molecule has 0 atom stereocenters. The lowest BCUT2D eigenvalue weighted by Crippen LogP contribution is -2.32. The average Bonchev–Trinajstić information content (AvgIpc) is 2.27. The van der Waals surface area contributed by atoms with Crippen LogP contribution in [-0.4, -0.2) is 12.5 Å². The van der Waals surface area contributed by atoms with E-state index >= 15 is 0 Å². The molecule has 3 nitrogen and oxygen atoms in total. The minimum atomic E-state index is 0.430. The summed E-state index contributed by atoms with van der Waals surface area (Å²) in [6.07, 6.45) is 0. The van der Waals surface area contributed by atoms with Crippen molar-refractivity contribution in [1.82, 2.24) is 5.32 Å². The molecule has 0 aliphatic heterocycles. The molecule has 0 heterocycles. The Balaban J connectivity index is 2.62. The van der Waals surface area contributed by atoms with E-state index in [4.69, 9.17) is 5.73 Å². The molecule has 0 aliphatic rings. The standard InChI is InChI=1S/C12H15Br2N3/c1-8(2)6-16-12(15)17-7-9-5-10(13)3-4-11(9)14/h3-5H,1,6-7H2,2H3,(H3,15,16,17). The normalized spacial score (nSPS) is 11.4. The number of hydrogen-bond acceptors (Lipinski definition) is 1. The van der Waals surface area contributed by atoms with E-state index in [1.165, 1.54) is 0 Å². The molecule has 0 saturated heterocycles. The van der Waals surface area contributed by atoms with Gasteiger partial charge in [0.05, 0.1) is 6.54 Å². The molecule has 1 rings (SSSR count). The van der Waals surface area contributed by atoms with E-state index < -0.39 is 0 Å². The summed E-state index contributed by atoms with van der Waals surface area (Å²) in [5.41, 5.74) is 7.83. The minimum absolute atomic E-state index is 0.430. The Morgan fingerprint density at radius 1 is 1.47 bits per heavy atom. The van der Waals surface area contributed by atoms with Crippen molar-refractivity contribution in [2.75, 3.05) is 6.54 Å². The molecule has 92 valence electrons. The molecule has 1 aromatic carbocycles. The number of halogens is 2. The molecular formula is C12H15Br2N3. The molecule has 0 unspecified atom stereocenters.